The minimum atomic E-state index is -0.143. The van der Waals surface area contributed by atoms with Crippen LogP contribution in [0.2, 0.25) is 0 Å². The normalized spacial score (nSPS) is 10.5. The molecule has 0 aromatic carbocycles. The number of amides is 1. The Morgan fingerprint density at radius 3 is 2.65 bits per heavy atom. The lowest BCUT2D eigenvalue weighted by atomic mass is 10.1. The van der Waals surface area contributed by atoms with E-state index in [1.54, 1.807) is 36.4 Å². The number of rotatable bonds is 4. The first kappa shape index (κ1) is 14.9. The molecule has 0 aliphatic carbocycles. The molecule has 1 amide bonds. The summed E-state index contributed by atoms with van der Waals surface area (Å²) in [5.41, 5.74) is 4.21. The Morgan fingerprint density at radius 1 is 1.17 bits per heavy atom. The van der Waals surface area contributed by atoms with E-state index in [1.165, 1.54) is 0 Å². The first-order valence-electron chi connectivity index (χ1n) is 7.27. The molecule has 0 saturated carbocycles. The molecule has 0 aliphatic rings. The highest BCUT2D eigenvalue weighted by Crippen LogP contribution is 2.16. The number of nitrogens with one attached hydrogen (secondary N) is 1. The van der Waals surface area contributed by atoms with Crippen molar-refractivity contribution in [3.05, 3.63) is 65.9 Å². The van der Waals surface area contributed by atoms with E-state index >= 15 is 0 Å². The lowest BCUT2D eigenvalue weighted by Gasteiger charge is -2.07. The molecule has 6 heteroatoms. The largest absolute Gasteiger partial charge is 0.347 e. The minimum absolute atomic E-state index is 0.143. The molecule has 0 fully saturated rings. The van der Waals surface area contributed by atoms with Crippen LogP contribution in [0.5, 0.6) is 0 Å². The molecule has 0 spiro atoms. The highest BCUT2D eigenvalue weighted by molar-refractivity contribution is 5.92. The molecule has 0 unspecified atom stereocenters. The smallest absolute Gasteiger partial charge is 0.269 e. The van der Waals surface area contributed by atoms with Crippen molar-refractivity contribution < 1.29 is 4.79 Å². The topological polar surface area (TPSA) is 72.7 Å². The standard InChI is InChI=1S/C17H17N5O/c1-12-9-16(22(2)21-12)17(23)20-11-13-3-8-19-15(10-13)14-4-6-18-7-5-14/h3-10H,11H2,1-2H3,(H,20,23). The van der Waals surface area contributed by atoms with Crippen LogP contribution in [-0.2, 0) is 13.6 Å². The summed E-state index contributed by atoms with van der Waals surface area (Å²) in [4.78, 5) is 20.6. The summed E-state index contributed by atoms with van der Waals surface area (Å²) in [6, 6.07) is 9.43. The average molecular weight is 307 g/mol. The molecule has 0 atom stereocenters. The van der Waals surface area contributed by atoms with Crippen LogP contribution >= 0.6 is 0 Å². The number of nitrogens with zero attached hydrogens (tertiary/aromatic N) is 4. The number of carbonyl (C=O) groups excluding carboxylic acids is 1. The number of pyridine rings is 2. The second-order valence-corrected chi connectivity index (χ2v) is 5.26. The monoisotopic (exact) mass is 307 g/mol. The predicted molar refractivity (Wildman–Crippen MR) is 86.6 cm³/mol. The Bertz CT molecular complexity index is 826. The van der Waals surface area contributed by atoms with Crippen LogP contribution in [0.15, 0.2) is 48.9 Å². The molecule has 6 nitrogen and oxygen atoms in total. The van der Waals surface area contributed by atoms with Crippen LogP contribution in [0, 0.1) is 6.92 Å². The SMILES string of the molecule is Cc1cc(C(=O)NCc2ccnc(-c3ccncc3)c2)n(C)n1. The Morgan fingerprint density at radius 2 is 1.96 bits per heavy atom. The lowest BCUT2D eigenvalue weighted by Crippen LogP contribution is -2.25. The molecular weight excluding hydrogens is 290 g/mol. The predicted octanol–water partition coefficient (Wildman–Crippen LogP) is 2.12. The summed E-state index contributed by atoms with van der Waals surface area (Å²) >= 11 is 0. The summed E-state index contributed by atoms with van der Waals surface area (Å²) in [5, 5.41) is 7.09. The van der Waals surface area contributed by atoms with Crippen LogP contribution in [0.25, 0.3) is 11.3 Å². The van der Waals surface area contributed by atoms with Crippen molar-refractivity contribution in [3.63, 3.8) is 0 Å². The zero-order valence-electron chi connectivity index (χ0n) is 13.0. The number of carbonyl (C=O) groups is 1. The van der Waals surface area contributed by atoms with Gasteiger partial charge in [-0.05, 0) is 42.8 Å². The van der Waals surface area contributed by atoms with Crippen molar-refractivity contribution in [3.8, 4) is 11.3 Å². The van der Waals surface area contributed by atoms with Crippen LogP contribution in [0.3, 0.4) is 0 Å². The second-order valence-electron chi connectivity index (χ2n) is 5.26. The Hall–Kier alpha value is -3.02. The first-order valence-corrected chi connectivity index (χ1v) is 7.27. The number of aryl methyl sites for hydroxylation is 2. The zero-order valence-corrected chi connectivity index (χ0v) is 13.0. The van der Waals surface area contributed by atoms with Crippen LogP contribution in [-0.4, -0.2) is 25.7 Å². The number of aromatic nitrogens is 4. The van der Waals surface area contributed by atoms with Gasteiger partial charge in [-0.3, -0.25) is 19.4 Å². The van der Waals surface area contributed by atoms with Gasteiger partial charge in [-0.25, -0.2) is 0 Å². The highest BCUT2D eigenvalue weighted by atomic mass is 16.2. The van der Waals surface area contributed by atoms with E-state index in [4.69, 9.17) is 0 Å². The molecule has 0 bridgehead atoms. The second kappa shape index (κ2) is 6.39. The van der Waals surface area contributed by atoms with Gasteiger partial charge in [0.15, 0.2) is 0 Å². The Labute approximate surface area is 134 Å². The van der Waals surface area contributed by atoms with Gasteiger partial charge >= 0.3 is 0 Å². The van der Waals surface area contributed by atoms with Crippen LogP contribution in [0.4, 0.5) is 0 Å². The van der Waals surface area contributed by atoms with Crippen molar-refractivity contribution in [2.24, 2.45) is 7.05 Å². The fourth-order valence-electron chi connectivity index (χ4n) is 2.36. The fraction of sp³-hybridized carbons (Fsp3) is 0.176. The van der Waals surface area contributed by atoms with E-state index in [2.05, 4.69) is 20.4 Å². The third-order valence-corrected chi connectivity index (χ3v) is 3.49. The van der Waals surface area contributed by atoms with Gasteiger partial charge in [0.05, 0.1) is 11.4 Å². The maximum atomic E-state index is 12.2. The van der Waals surface area contributed by atoms with Crippen LogP contribution in [0.1, 0.15) is 21.7 Å². The zero-order chi connectivity index (χ0) is 16.2. The van der Waals surface area contributed by atoms with E-state index in [0.29, 0.717) is 12.2 Å². The maximum Gasteiger partial charge on any atom is 0.269 e. The molecule has 23 heavy (non-hydrogen) atoms. The molecule has 3 rings (SSSR count). The fourth-order valence-corrected chi connectivity index (χ4v) is 2.36. The molecule has 0 saturated heterocycles. The third-order valence-electron chi connectivity index (χ3n) is 3.49. The summed E-state index contributed by atoms with van der Waals surface area (Å²) in [6.07, 6.45) is 5.21. The van der Waals surface area contributed by atoms with Crippen molar-refractivity contribution >= 4 is 5.91 Å². The van der Waals surface area contributed by atoms with Gasteiger partial charge in [0.2, 0.25) is 0 Å². The Balaban J connectivity index is 1.71. The molecule has 116 valence electrons. The maximum absolute atomic E-state index is 12.2. The van der Waals surface area contributed by atoms with E-state index in [-0.39, 0.29) is 5.91 Å². The van der Waals surface area contributed by atoms with Gasteiger partial charge in [0.1, 0.15) is 5.69 Å². The molecule has 0 radical (unpaired) electrons. The van der Waals surface area contributed by atoms with Gasteiger partial charge < -0.3 is 5.32 Å². The van der Waals surface area contributed by atoms with Gasteiger partial charge in [0.25, 0.3) is 5.91 Å². The van der Waals surface area contributed by atoms with Gasteiger partial charge in [-0.2, -0.15) is 5.10 Å². The lowest BCUT2D eigenvalue weighted by molar-refractivity contribution is 0.0941. The summed E-state index contributed by atoms with van der Waals surface area (Å²) in [7, 11) is 1.76. The van der Waals surface area contributed by atoms with Gasteiger partial charge in [-0.1, -0.05) is 0 Å². The molecule has 0 aliphatic heterocycles. The van der Waals surface area contributed by atoms with Crippen molar-refractivity contribution in [1.29, 1.82) is 0 Å². The van der Waals surface area contributed by atoms with E-state index < -0.39 is 0 Å². The molecule has 3 aromatic heterocycles. The molecular formula is C17H17N5O. The van der Waals surface area contributed by atoms with Gasteiger partial charge in [0, 0.05) is 37.7 Å². The number of hydrogen-bond acceptors (Lipinski definition) is 4. The summed E-state index contributed by atoms with van der Waals surface area (Å²) in [6.45, 7) is 2.30. The average Bonchev–Trinajstić information content (AvgIpc) is 2.92. The highest BCUT2D eigenvalue weighted by Gasteiger charge is 2.11. The third kappa shape index (κ3) is 3.42. The van der Waals surface area contributed by atoms with Gasteiger partial charge in [-0.15, -0.1) is 0 Å². The molecule has 3 heterocycles. The van der Waals surface area contributed by atoms with Crippen molar-refractivity contribution in [2.45, 2.75) is 13.5 Å². The molecule has 3 aromatic rings. The Kier molecular flexibility index (Phi) is 4.14. The van der Waals surface area contributed by atoms with E-state index in [1.807, 2.05) is 31.2 Å². The number of hydrogen-bond donors (Lipinski definition) is 1. The quantitative estimate of drug-likeness (QED) is 0.801. The summed E-state index contributed by atoms with van der Waals surface area (Å²) < 4.78 is 1.58. The molecule has 1 N–H and O–H groups in total. The summed E-state index contributed by atoms with van der Waals surface area (Å²) in [5.74, 6) is -0.143. The van der Waals surface area contributed by atoms with Crippen molar-refractivity contribution in [2.75, 3.05) is 0 Å². The minimum Gasteiger partial charge on any atom is -0.347 e. The van der Waals surface area contributed by atoms with E-state index in [0.717, 1.165) is 22.5 Å². The van der Waals surface area contributed by atoms with Crippen LogP contribution < -0.4 is 5.32 Å². The first-order chi connectivity index (χ1) is 11.1. The van der Waals surface area contributed by atoms with Crippen molar-refractivity contribution in [1.82, 2.24) is 25.1 Å². The van der Waals surface area contributed by atoms with E-state index in [9.17, 15) is 4.79 Å².